The quantitative estimate of drug-likeness (QED) is 0.766. The summed E-state index contributed by atoms with van der Waals surface area (Å²) >= 11 is 0. The molecule has 1 aromatic heterocycles. The number of nitrogens with zero attached hydrogens (tertiary/aromatic N) is 2. The fourth-order valence-corrected chi connectivity index (χ4v) is 2.16. The van der Waals surface area contributed by atoms with Crippen molar-refractivity contribution in [3.05, 3.63) is 58.9 Å². The molecular weight excluding hydrogens is 264 g/mol. The molecule has 0 saturated heterocycles. The number of carbonyl (C=O) groups excluding carboxylic acids is 1. The average Bonchev–Trinajstić information content (AvgIpc) is 2.50. The molecule has 0 aliphatic heterocycles. The van der Waals surface area contributed by atoms with Crippen LogP contribution in [0.2, 0.25) is 0 Å². The molecule has 0 radical (unpaired) electrons. The highest BCUT2D eigenvalue weighted by Gasteiger charge is 2.09. The molecule has 2 rings (SSSR count). The molecule has 0 aliphatic rings. The molecule has 0 unspecified atom stereocenters. The van der Waals surface area contributed by atoms with Gasteiger partial charge in [0.1, 0.15) is 5.75 Å². The van der Waals surface area contributed by atoms with E-state index in [4.69, 9.17) is 4.74 Å². The normalized spacial score (nSPS) is 10.2. The fraction of sp³-hybridized carbons (Fsp3) is 0.294. The molecule has 0 bridgehead atoms. The lowest BCUT2D eigenvalue weighted by Gasteiger charge is -2.19. The Bertz CT molecular complexity index is 609. The van der Waals surface area contributed by atoms with E-state index in [1.165, 1.54) is 0 Å². The highest BCUT2D eigenvalue weighted by molar-refractivity contribution is 5.49. The van der Waals surface area contributed by atoms with Gasteiger partial charge in [-0.2, -0.15) is 0 Å². The number of carbonyl (C=O) groups is 1. The molecule has 21 heavy (non-hydrogen) atoms. The van der Waals surface area contributed by atoms with Crippen LogP contribution in [0.25, 0.3) is 0 Å². The number of hydrogen-bond donors (Lipinski definition) is 0. The number of pyridine rings is 1. The Morgan fingerprint density at radius 1 is 1.19 bits per heavy atom. The van der Waals surface area contributed by atoms with Crippen LogP contribution in [0.4, 0.5) is 0 Å². The Morgan fingerprint density at radius 3 is 2.62 bits per heavy atom. The first kappa shape index (κ1) is 15.0. The van der Waals surface area contributed by atoms with Crippen LogP contribution in [0.5, 0.6) is 5.75 Å². The number of benzene rings is 1. The van der Waals surface area contributed by atoms with Gasteiger partial charge in [-0.15, -0.1) is 0 Å². The number of ether oxygens (including phenoxy) is 1. The maximum absolute atomic E-state index is 11.3. The summed E-state index contributed by atoms with van der Waals surface area (Å²) < 4.78 is 5.38. The zero-order valence-electron chi connectivity index (χ0n) is 12.7. The third-order valence-corrected chi connectivity index (χ3v) is 3.32. The van der Waals surface area contributed by atoms with Crippen molar-refractivity contribution in [1.29, 1.82) is 0 Å². The Kier molecular flexibility index (Phi) is 4.93. The molecule has 2 aromatic rings. The number of methoxy groups -OCH3 is 1. The summed E-state index contributed by atoms with van der Waals surface area (Å²) in [7, 11) is 1.65. The first-order valence-electron chi connectivity index (χ1n) is 6.87. The molecule has 4 heteroatoms. The number of rotatable bonds is 6. The van der Waals surface area contributed by atoms with Crippen LogP contribution in [-0.2, 0) is 17.9 Å². The molecule has 0 fully saturated rings. The van der Waals surface area contributed by atoms with E-state index >= 15 is 0 Å². The van der Waals surface area contributed by atoms with Gasteiger partial charge in [-0.25, -0.2) is 0 Å². The van der Waals surface area contributed by atoms with Crippen LogP contribution in [0.1, 0.15) is 22.4 Å². The molecule has 0 atom stereocenters. The van der Waals surface area contributed by atoms with Crippen LogP contribution in [-0.4, -0.2) is 23.4 Å². The Hall–Kier alpha value is -2.36. The van der Waals surface area contributed by atoms with Gasteiger partial charge < -0.3 is 9.64 Å². The molecule has 0 N–H and O–H groups in total. The number of aromatic nitrogens is 1. The molecule has 0 aliphatic carbocycles. The summed E-state index contributed by atoms with van der Waals surface area (Å²) in [5.41, 5.74) is 4.11. The third-order valence-electron chi connectivity index (χ3n) is 3.32. The SMILES string of the molecule is COc1cc(C)ccc1CN(C=O)Cc1ccc(C)nc1. The van der Waals surface area contributed by atoms with E-state index in [2.05, 4.69) is 4.98 Å². The summed E-state index contributed by atoms with van der Waals surface area (Å²) in [5.74, 6) is 0.809. The largest absolute Gasteiger partial charge is 0.496 e. The van der Waals surface area contributed by atoms with E-state index in [1.54, 1.807) is 18.2 Å². The van der Waals surface area contributed by atoms with Crippen molar-refractivity contribution in [2.45, 2.75) is 26.9 Å². The minimum atomic E-state index is 0.515. The first-order chi connectivity index (χ1) is 10.1. The van der Waals surface area contributed by atoms with Crippen LogP contribution < -0.4 is 4.74 Å². The van der Waals surface area contributed by atoms with Gasteiger partial charge in [0.2, 0.25) is 6.41 Å². The van der Waals surface area contributed by atoms with Crippen molar-refractivity contribution in [3.8, 4) is 5.75 Å². The van der Waals surface area contributed by atoms with E-state index in [1.807, 2.05) is 44.2 Å². The van der Waals surface area contributed by atoms with Gasteiger partial charge in [0, 0.05) is 30.5 Å². The lowest BCUT2D eigenvalue weighted by molar-refractivity contribution is -0.119. The van der Waals surface area contributed by atoms with Crippen molar-refractivity contribution < 1.29 is 9.53 Å². The highest BCUT2D eigenvalue weighted by atomic mass is 16.5. The monoisotopic (exact) mass is 284 g/mol. The Morgan fingerprint density at radius 2 is 2.00 bits per heavy atom. The zero-order valence-corrected chi connectivity index (χ0v) is 12.7. The van der Waals surface area contributed by atoms with Crippen molar-refractivity contribution in [3.63, 3.8) is 0 Å². The summed E-state index contributed by atoms with van der Waals surface area (Å²) in [5, 5.41) is 0. The molecule has 1 amide bonds. The second kappa shape index (κ2) is 6.88. The Balaban J connectivity index is 2.12. The van der Waals surface area contributed by atoms with E-state index in [9.17, 15) is 4.79 Å². The van der Waals surface area contributed by atoms with E-state index in [0.717, 1.165) is 34.5 Å². The molecule has 110 valence electrons. The second-order valence-electron chi connectivity index (χ2n) is 5.13. The van der Waals surface area contributed by atoms with E-state index < -0.39 is 0 Å². The highest BCUT2D eigenvalue weighted by Crippen LogP contribution is 2.21. The van der Waals surface area contributed by atoms with Gasteiger partial charge in [0.25, 0.3) is 0 Å². The maximum atomic E-state index is 11.3. The van der Waals surface area contributed by atoms with Gasteiger partial charge in [-0.3, -0.25) is 9.78 Å². The Labute approximate surface area is 125 Å². The van der Waals surface area contributed by atoms with Crippen molar-refractivity contribution in [2.24, 2.45) is 0 Å². The standard InChI is InChI=1S/C17H20N2O2/c1-13-4-7-16(17(8-13)21-3)11-19(12-20)10-15-6-5-14(2)18-9-15/h4-9,12H,10-11H2,1-3H3. The van der Waals surface area contributed by atoms with Crippen molar-refractivity contribution in [1.82, 2.24) is 9.88 Å². The average molecular weight is 284 g/mol. The molecule has 0 spiro atoms. The van der Waals surface area contributed by atoms with Crippen molar-refractivity contribution >= 4 is 6.41 Å². The fourth-order valence-electron chi connectivity index (χ4n) is 2.16. The predicted octanol–water partition coefficient (Wildman–Crippen LogP) is 2.87. The molecular formula is C17H20N2O2. The summed E-state index contributed by atoms with van der Waals surface area (Å²) in [6.07, 6.45) is 2.66. The minimum absolute atomic E-state index is 0.515. The van der Waals surface area contributed by atoms with Gasteiger partial charge in [-0.1, -0.05) is 18.2 Å². The molecule has 1 heterocycles. The predicted molar refractivity (Wildman–Crippen MR) is 82.0 cm³/mol. The lowest BCUT2D eigenvalue weighted by atomic mass is 10.1. The van der Waals surface area contributed by atoms with Crippen LogP contribution in [0.3, 0.4) is 0 Å². The maximum Gasteiger partial charge on any atom is 0.210 e. The second-order valence-corrected chi connectivity index (χ2v) is 5.13. The zero-order chi connectivity index (χ0) is 15.2. The van der Waals surface area contributed by atoms with Crippen LogP contribution >= 0.6 is 0 Å². The van der Waals surface area contributed by atoms with Crippen molar-refractivity contribution in [2.75, 3.05) is 7.11 Å². The lowest BCUT2D eigenvalue weighted by Crippen LogP contribution is -2.21. The molecule has 1 aromatic carbocycles. The number of hydrogen-bond acceptors (Lipinski definition) is 3. The van der Waals surface area contributed by atoms with Crippen LogP contribution in [0, 0.1) is 13.8 Å². The van der Waals surface area contributed by atoms with Gasteiger partial charge in [0.05, 0.1) is 7.11 Å². The summed E-state index contributed by atoms with van der Waals surface area (Å²) in [6.45, 7) is 5.01. The van der Waals surface area contributed by atoms with Gasteiger partial charge >= 0.3 is 0 Å². The summed E-state index contributed by atoms with van der Waals surface area (Å²) in [4.78, 5) is 17.3. The van der Waals surface area contributed by atoms with E-state index in [-0.39, 0.29) is 0 Å². The van der Waals surface area contributed by atoms with Gasteiger partial charge in [-0.05, 0) is 37.1 Å². The smallest absolute Gasteiger partial charge is 0.210 e. The first-order valence-corrected chi connectivity index (χ1v) is 6.87. The van der Waals surface area contributed by atoms with Gasteiger partial charge in [0.15, 0.2) is 0 Å². The topological polar surface area (TPSA) is 42.4 Å². The third kappa shape index (κ3) is 4.05. The minimum Gasteiger partial charge on any atom is -0.496 e. The molecule has 0 saturated carbocycles. The number of aryl methyl sites for hydroxylation is 2. The van der Waals surface area contributed by atoms with Crippen LogP contribution in [0.15, 0.2) is 36.5 Å². The van der Waals surface area contributed by atoms with E-state index in [0.29, 0.717) is 13.1 Å². The molecule has 4 nitrogen and oxygen atoms in total. The summed E-state index contributed by atoms with van der Waals surface area (Å²) in [6, 6.07) is 9.94. The number of amides is 1.